The van der Waals surface area contributed by atoms with Gasteiger partial charge in [-0.25, -0.2) is 4.39 Å². The van der Waals surface area contributed by atoms with Crippen LogP contribution in [0.15, 0.2) is 70.2 Å². The van der Waals surface area contributed by atoms with Gasteiger partial charge in [0.25, 0.3) is 0 Å². The quantitative estimate of drug-likeness (QED) is 0.323. The Morgan fingerprint density at radius 1 is 1.07 bits per heavy atom. The fraction of sp³-hybridized carbons (Fsp3) is 0.105. The van der Waals surface area contributed by atoms with Crippen molar-refractivity contribution in [3.05, 3.63) is 65.8 Å². The van der Waals surface area contributed by atoms with Crippen LogP contribution in [0.25, 0.3) is 10.6 Å². The van der Waals surface area contributed by atoms with Crippen molar-refractivity contribution < 1.29 is 14.3 Å². The summed E-state index contributed by atoms with van der Waals surface area (Å²) in [5.74, 6) is -0.848. The summed E-state index contributed by atoms with van der Waals surface area (Å²) in [5.41, 5.74) is 2.00. The summed E-state index contributed by atoms with van der Waals surface area (Å²) in [6.45, 7) is 2.69. The van der Waals surface area contributed by atoms with Crippen LogP contribution < -0.4 is 5.32 Å². The van der Waals surface area contributed by atoms with Crippen molar-refractivity contribution in [1.82, 2.24) is 10.2 Å². The van der Waals surface area contributed by atoms with E-state index < -0.39 is 0 Å². The first-order chi connectivity index (χ1) is 13.4. The second-order valence-corrected chi connectivity index (χ2v) is 6.76. The zero-order valence-electron chi connectivity index (χ0n) is 15.0. The van der Waals surface area contributed by atoms with E-state index in [4.69, 9.17) is 0 Å². The van der Waals surface area contributed by atoms with Gasteiger partial charge in [0.15, 0.2) is 11.5 Å². The number of ketones is 1. The third kappa shape index (κ3) is 4.83. The van der Waals surface area contributed by atoms with E-state index in [9.17, 15) is 14.3 Å². The topological polar surface area (TPSA) is 99.8 Å². The molecule has 0 unspecified atom stereocenters. The average Bonchev–Trinajstić information content (AvgIpc) is 3.12. The zero-order valence-corrected chi connectivity index (χ0v) is 15.9. The van der Waals surface area contributed by atoms with Gasteiger partial charge in [-0.05, 0) is 55.5 Å². The molecule has 3 aromatic rings. The van der Waals surface area contributed by atoms with Crippen molar-refractivity contribution >= 4 is 33.6 Å². The highest BCUT2D eigenvalue weighted by molar-refractivity contribution is 7.18. The number of azo groups is 1. The van der Waals surface area contributed by atoms with E-state index in [1.807, 2.05) is 0 Å². The molecule has 1 aromatic heterocycles. The number of allylic oxidation sites excluding steroid dienone is 2. The SMILES string of the molecule is CC(=O)/C(N=Nc1ccc(-c2nnc(Nc3ccc(F)cc3)s2)cc1)=C(/C)O. The van der Waals surface area contributed by atoms with Crippen LogP contribution in [0, 0.1) is 5.82 Å². The van der Waals surface area contributed by atoms with Gasteiger partial charge in [-0.2, -0.15) is 5.11 Å². The summed E-state index contributed by atoms with van der Waals surface area (Å²) >= 11 is 1.35. The van der Waals surface area contributed by atoms with E-state index in [1.165, 1.54) is 37.3 Å². The predicted octanol–water partition coefficient (Wildman–Crippen LogP) is 5.55. The summed E-state index contributed by atoms with van der Waals surface area (Å²) in [7, 11) is 0. The van der Waals surface area contributed by atoms with Crippen LogP contribution in [-0.2, 0) is 4.79 Å². The third-order valence-electron chi connectivity index (χ3n) is 3.58. The number of hydrogen-bond donors (Lipinski definition) is 2. The molecule has 2 N–H and O–H groups in total. The lowest BCUT2D eigenvalue weighted by Crippen LogP contribution is -1.96. The fourth-order valence-corrected chi connectivity index (χ4v) is 2.99. The Balaban J connectivity index is 1.72. The molecule has 3 rings (SSSR count). The number of aliphatic hydroxyl groups is 1. The molecule has 2 aromatic carbocycles. The molecule has 28 heavy (non-hydrogen) atoms. The van der Waals surface area contributed by atoms with Crippen molar-refractivity contribution in [3.63, 3.8) is 0 Å². The van der Waals surface area contributed by atoms with Gasteiger partial charge in [-0.1, -0.05) is 11.3 Å². The number of carbonyl (C=O) groups excluding carboxylic acids is 1. The summed E-state index contributed by atoms with van der Waals surface area (Å²) in [6, 6.07) is 13.0. The molecule has 9 heteroatoms. The molecule has 142 valence electrons. The van der Waals surface area contributed by atoms with Gasteiger partial charge in [0.1, 0.15) is 16.6 Å². The van der Waals surface area contributed by atoms with E-state index in [-0.39, 0.29) is 23.1 Å². The number of rotatable bonds is 6. The van der Waals surface area contributed by atoms with Gasteiger partial charge < -0.3 is 10.4 Å². The zero-order chi connectivity index (χ0) is 20.1. The van der Waals surface area contributed by atoms with Gasteiger partial charge in [-0.3, -0.25) is 4.79 Å². The van der Waals surface area contributed by atoms with Crippen LogP contribution in [0.5, 0.6) is 0 Å². The first kappa shape index (κ1) is 19.3. The minimum absolute atomic E-state index is 0.0790. The lowest BCUT2D eigenvalue weighted by molar-refractivity contribution is -0.113. The minimum Gasteiger partial charge on any atom is -0.510 e. The number of nitrogens with zero attached hydrogens (tertiary/aromatic N) is 4. The van der Waals surface area contributed by atoms with Gasteiger partial charge in [-0.15, -0.1) is 15.3 Å². The van der Waals surface area contributed by atoms with E-state index in [2.05, 4.69) is 25.7 Å². The molecule has 7 nitrogen and oxygen atoms in total. The highest BCUT2D eigenvalue weighted by Crippen LogP contribution is 2.29. The third-order valence-corrected chi connectivity index (χ3v) is 4.46. The lowest BCUT2D eigenvalue weighted by Gasteiger charge is -2.00. The van der Waals surface area contributed by atoms with Crippen molar-refractivity contribution in [2.75, 3.05) is 5.32 Å². The van der Waals surface area contributed by atoms with E-state index in [0.29, 0.717) is 21.5 Å². The van der Waals surface area contributed by atoms with E-state index >= 15 is 0 Å². The smallest absolute Gasteiger partial charge is 0.210 e. The molecule has 0 aliphatic heterocycles. The van der Waals surface area contributed by atoms with Crippen LogP contribution in [-0.4, -0.2) is 21.1 Å². The van der Waals surface area contributed by atoms with Gasteiger partial charge in [0.05, 0.1) is 5.69 Å². The molecule has 0 aliphatic rings. The highest BCUT2D eigenvalue weighted by atomic mass is 32.1. The Labute approximate surface area is 164 Å². The monoisotopic (exact) mass is 397 g/mol. The number of benzene rings is 2. The number of anilines is 2. The molecule has 0 saturated carbocycles. The number of carbonyl (C=O) groups is 1. The van der Waals surface area contributed by atoms with E-state index in [0.717, 1.165) is 5.56 Å². The van der Waals surface area contributed by atoms with Gasteiger partial charge in [0.2, 0.25) is 5.13 Å². The normalized spacial score (nSPS) is 12.1. The first-order valence-corrected chi connectivity index (χ1v) is 9.03. The highest BCUT2D eigenvalue weighted by Gasteiger charge is 2.09. The van der Waals surface area contributed by atoms with Crippen molar-refractivity contribution in [3.8, 4) is 10.6 Å². The molecule has 0 radical (unpaired) electrons. The van der Waals surface area contributed by atoms with E-state index in [1.54, 1.807) is 36.4 Å². The number of hydrogen-bond acceptors (Lipinski definition) is 8. The standard InChI is InChI=1S/C19H16FN5O2S/c1-11(26)17(12(2)27)23-22-16-7-3-13(4-8-16)18-24-25-19(28-18)21-15-9-5-14(20)6-10-15/h3-10,26H,1-2H3,(H,21,25)/b17-11+,23-22?. The number of Topliss-reactive ketones (excluding diaryl/α,β-unsaturated/α-hetero) is 1. The lowest BCUT2D eigenvalue weighted by atomic mass is 10.2. The molecule has 1 heterocycles. The number of aliphatic hydroxyl groups excluding tert-OH is 1. The van der Waals surface area contributed by atoms with Crippen LogP contribution in [0.3, 0.4) is 0 Å². The summed E-state index contributed by atoms with van der Waals surface area (Å²) < 4.78 is 13.0. The predicted molar refractivity (Wildman–Crippen MR) is 106 cm³/mol. The summed E-state index contributed by atoms with van der Waals surface area (Å²) in [5, 5.41) is 29.8. The van der Waals surface area contributed by atoms with Gasteiger partial charge >= 0.3 is 0 Å². The largest absolute Gasteiger partial charge is 0.510 e. The number of halogens is 1. The van der Waals surface area contributed by atoms with Crippen LogP contribution >= 0.6 is 11.3 Å². The molecule has 0 saturated heterocycles. The second-order valence-electron chi connectivity index (χ2n) is 5.78. The van der Waals surface area contributed by atoms with Crippen LogP contribution in [0.4, 0.5) is 20.9 Å². The first-order valence-electron chi connectivity index (χ1n) is 8.21. The Morgan fingerprint density at radius 2 is 1.75 bits per heavy atom. The molecular formula is C19H16FN5O2S. The Morgan fingerprint density at radius 3 is 2.36 bits per heavy atom. The molecule has 0 aliphatic carbocycles. The minimum atomic E-state index is -0.365. The van der Waals surface area contributed by atoms with Crippen molar-refractivity contribution in [2.24, 2.45) is 10.2 Å². The Hall–Kier alpha value is -3.46. The number of nitrogens with one attached hydrogen (secondary N) is 1. The molecule has 0 amide bonds. The molecule has 0 atom stereocenters. The van der Waals surface area contributed by atoms with Crippen molar-refractivity contribution in [2.45, 2.75) is 13.8 Å². The van der Waals surface area contributed by atoms with Gasteiger partial charge in [0, 0.05) is 18.2 Å². The average molecular weight is 397 g/mol. The van der Waals surface area contributed by atoms with Crippen LogP contribution in [0.1, 0.15) is 13.8 Å². The maximum Gasteiger partial charge on any atom is 0.210 e. The van der Waals surface area contributed by atoms with Crippen molar-refractivity contribution in [1.29, 1.82) is 0 Å². The summed E-state index contributed by atoms with van der Waals surface area (Å²) in [4.78, 5) is 11.4. The fourth-order valence-electron chi connectivity index (χ4n) is 2.22. The molecule has 0 fully saturated rings. The second kappa shape index (κ2) is 8.49. The molecular weight excluding hydrogens is 381 g/mol. The maximum atomic E-state index is 13.0. The molecule has 0 bridgehead atoms. The Bertz CT molecular complexity index is 1040. The molecule has 0 spiro atoms. The maximum absolute atomic E-state index is 13.0. The Kier molecular flexibility index (Phi) is 5.85. The van der Waals surface area contributed by atoms with Crippen LogP contribution in [0.2, 0.25) is 0 Å². The summed E-state index contributed by atoms with van der Waals surface area (Å²) in [6.07, 6.45) is 0. The number of aromatic nitrogens is 2.